The summed E-state index contributed by atoms with van der Waals surface area (Å²) in [5, 5.41) is 12.4. The average molecular weight is 285 g/mol. The number of benzene rings is 1. The monoisotopic (exact) mass is 284 g/mol. The van der Waals surface area contributed by atoms with Crippen molar-refractivity contribution in [2.45, 2.75) is 18.9 Å². The van der Waals surface area contributed by atoms with E-state index < -0.39 is 0 Å². The zero-order valence-corrected chi connectivity index (χ0v) is 11.5. The molecule has 1 fully saturated rings. The molecule has 6 heteroatoms. The molecule has 1 atom stereocenters. The van der Waals surface area contributed by atoms with Crippen molar-refractivity contribution in [1.29, 1.82) is 0 Å². The first-order valence-electron chi connectivity index (χ1n) is 6.17. The Morgan fingerprint density at radius 2 is 2.42 bits per heavy atom. The minimum Gasteiger partial charge on any atom is -0.495 e. The Morgan fingerprint density at radius 1 is 1.63 bits per heavy atom. The van der Waals surface area contributed by atoms with Crippen LogP contribution in [-0.2, 0) is 0 Å². The summed E-state index contributed by atoms with van der Waals surface area (Å²) in [6, 6.07) is 4.77. The predicted molar refractivity (Wildman–Crippen MR) is 73.8 cm³/mol. The van der Waals surface area contributed by atoms with Crippen molar-refractivity contribution >= 4 is 23.3 Å². The van der Waals surface area contributed by atoms with Crippen molar-refractivity contribution in [2.75, 3.05) is 25.6 Å². The summed E-state index contributed by atoms with van der Waals surface area (Å²) < 4.78 is 5.05. The van der Waals surface area contributed by atoms with Gasteiger partial charge in [-0.3, -0.25) is 0 Å². The van der Waals surface area contributed by atoms with Crippen LogP contribution in [0.4, 0.5) is 10.5 Å². The van der Waals surface area contributed by atoms with Crippen LogP contribution in [0.1, 0.15) is 12.8 Å². The van der Waals surface area contributed by atoms with E-state index in [1.165, 1.54) is 7.11 Å². The van der Waals surface area contributed by atoms with Crippen molar-refractivity contribution in [3.63, 3.8) is 0 Å². The van der Waals surface area contributed by atoms with Gasteiger partial charge in [0.1, 0.15) is 5.75 Å². The Hall–Kier alpha value is -1.46. The van der Waals surface area contributed by atoms with E-state index in [1.54, 1.807) is 23.1 Å². The van der Waals surface area contributed by atoms with Crippen LogP contribution in [0.25, 0.3) is 0 Å². The molecule has 1 aliphatic rings. The number of methoxy groups -OCH3 is 1. The molecule has 0 bridgehead atoms. The maximum absolute atomic E-state index is 12.1. The van der Waals surface area contributed by atoms with Crippen molar-refractivity contribution in [3.8, 4) is 5.75 Å². The molecule has 0 spiro atoms. The highest BCUT2D eigenvalue weighted by Crippen LogP contribution is 2.27. The van der Waals surface area contributed by atoms with Crippen molar-refractivity contribution in [2.24, 2.45) is 0 Å². The van der Waals surface area contributed by atoms with Gasteiger partial charge in [0.05, 0.1) is 24.8 Å². The van der Waals surface area contributed by atoms with Crippen molar-refractivity contribution < 1.29 is 14.6 Å². The molecule has 0 saturated carbocycles. The van der Waals surface area contributed by atoms with Crippen LogP contribution in [0.15, 0.2) is 18.2 Å². The van der Waals surface area contributed by atoms with Gasteiger partial charge in [0.2, 0.25) is 0 Å². The number of amides is 2. The molecule has 1 aliphatic heterocycles. The first-order chi connectivity index (χ1) is 9.15. The highest BCUT2D eigenvalue weighted by molar-refractivity contribution is 6.32. The van der Waals surface area contributed by atoms with Gasteiger partial charge < -0.3 is 20.1 Å². The number of likely N-dealkylation sites (tertiary alicyclic amines) is 1. The maximum Gasteiger partial charge on any atom is 0.322 e. The lowest BCUT2D eigenvalue weighted by Crippen LogP contribution is -2.40. The first-order valence-corrected chi connectivity index (χ1v) is 6.55. The van der Waals surface area contributed by atoms with E-state index in [9.17, 15) is 9.90 Å². The number of hydrogen-bond acceptors (Lipinski definition) is 3. The SMILES string of the molecule is COc1ccc(NC(=O)N2CCC[C@H]2CO)cc1Cl. The highest BCUT2D eigenvalue weighted by Gasteiger charge is 2.28. The molecule has 0 radical (unpaired) electrons. The lowest BCUT2D eigenvalue weighted by atomic mass is 10.2. The molecule has 2 rings (SSSR count). The molecule has 2 amide bonds. The van der Waals surface area contributed by atoms with E-state index in [0.717, 1.165) is 12.8 Å². The third kappa shape index (κ3) is 3.11. The molecule has 0 aliphatic carbocycles. The number of urea groups is 1. The van der Waals surface area contributed by atoms with Crippen molar-refractivity contribution in [3.05, 3.63) is 23.2 Å². The van der Waals surface area contributed by atoms with Crippen LogP contribution >= 0.6 is 11.6 Å². The zero-order valence-electron chi connectivity index (χ0n) is 10.7. The maximum atomic E-state index is 12.1. The van der Waals surface area contributed by atoms with E-state index in [2.05, 4.69) is 5.32 Å². The van der Waals surface area contributed by atoms with Crippen LogP contribution in [-0.4, -0.2) is 42.3 Å². The van der Waals surface area contributed by atoms with Gasteiger partial charge in [0, 0.05) is 12.2 Å². The van der Waals surface area contributed by atoms with Gasteiger partial charge in [-0.25, -0.2) is 4.79 Å². The number of ether oxygens (including phenoxy) is 1. The fraction of sp³-hybridized carbons (Fsp3) is 0.462. The second kappa shape index (κ2) is 6.12. The van der Waals surface area contributed by atoms with Gasteiger partial charge >= 0.3 is 6.03 Å². The summed E-state index contributed by atoms with van der Waals surface area (Å²) >= 11 is 6.00. The van der Waals surface area contributed by atoms with Crippen LogP contribution in [0, 0.1) is 0 Å². The van der Waals surface area contributed by atoms with Crippen molar-refractivity contribution in [1.82, 2.24) is 4.90 Å². The molecule has 19 heavy (non-hydrogen) atoms. The summed E-state index contributed by atoms with van der Waals surface area (Å²) in [5.41, 5.74) is 0.611. The topological polar surface area (TPSA) is 61.8 Å². The van der Waals surface area contributed by atoms with Gasteiger partial charge in [-0.05, 0) is 31.0 Å². The fourth-order valence-electron chi connectivity index (χ4n) is 2.23. The Bertz CT molecular complexity index is 467. The number of aliphatic hydroxyl groups excluding tert-OH is 1. The minimum atomic E-state index is -0.210. The molecule has 104 valence electrons. The third-order valence-corrected chi connectivity index (χ3v) is 3.55. The number of halogens is 1. The van der Waals surface area contributed by atoms with E-state index in [4.69, 9.17) is 16.3 Å². The van der Waals surface area contributed by atoms with E-state index in [0.29, 0.717) is 23.0 Å². The molecule has 0 unspecified atom stereocenters. The molecule has 1 heterocycles. The average Bonchev–Trinajstić information content (AvgIpc) is 2.87. The summed E-state index contributed by atoms with van der Waals surface area (Å²) in [4.78, 5) is 13.7. The van der Waals surface area contributed by atoms with Gasteiger partial charge in [0.25, 0.3) is 0 Å². The minimum absolute atomic E-state index is 0.00319. The summed E-state index contributed by atoms with van der Waals surface area (Å²) in [7, 11) is 1.54. The van der Waals surface area contributed by atoms with E-state index in [-0.39, 0.29) is 18.7 Å². The van der Waals surface area contributed by atoms with E-state index >= 15 is 0 Å². The Kier molecular flexibility index (Phi) is 4.50. The molecule has 2 N–H and O–H groups in total. The van der Waals surface area contributed by atoms with Crippen LogP contribution in [0.3, 0.4) is 0 Å². The second-order valence-corrected chi connectivity index (χ2v) is 4.86. The van der Waals surface area contributed by atoms with Gasteiger partial charge in [-0.2, -0.15) is 0 Å². The number of carbonyl (C=O) groups is 1. The highest BCUT2D eigenvalue weighted by atomic mass is 35.5. The lowest BCUT2D eigenvalue weighted by molar-refractivity contribution is 0.166. The summed E-state index contributed by atoms with van der Waals surface area (Å²) in [6.45, 7) is 0.664. The van der Waals surface area contributed by atoms with Gasteiger partial charge in [-0.1, -0.05) is 11.6 Å². The quantitative estimate of drug-likeness (QED) is 0.895. The number of rotatable bonds is 3. The standard InChI is InChI=1S/C13H17ClN2O3/c1-19-12-5-4-9(7-11(12)14)15-13(18)16-6-2-3-10(16)8-17/h4-5,7,10,17H,2-3,6,8H2,1H3,(H,15,18)/t10-/m0/s1. The molecule has 0 aromatic heterocycles. The normalized spacial score (nSPS) is 18.5. The van der Waals surface area contributed by atoms with Crippen LogP contribution in [0.2, 0.25) is 5.02 Å². The molecular formula is C13H17ClN2O3. The van der Waals surface area contributed by atoms with E-state index in [1.807, 2.05) is 0 Å². The number of anilines is 1. The Labute approximate surface area is 117 Å². The predicted octanol–water partition coefficient (Wildman–Crippen LogP) is 2.34. The number of carbonyl (C=O) groups excluding carboxylic acids is 1. The molecular weight excluding hydrogens is 268 g/mol. The number of aliphatic hydroxyl groups is 1. The summed E-state index contributed by atoms with van der Waals surface area (Å²) in [6.07, 6.45) is 1.76. The smallest absolute Gasteiger partial charge is 0.322 e. The second-order valence-electron chi connectivity index (χ2n) is 4.45. The summed E-state index contributed by atoms with van der Waals surface area (Å²) in [5.74, 6) is 0.564. The zero-order chi connectivity index (χ0) is 13.8. The van der Waals surface area contributed by atoms with Gasteiger partial charge in [0.15, 0.2) is 0 Å². The molecule has 5 nitrogen and oxygen atoms in total. The number of hydrogen-bond donors (Lipinski definition) is 2. The fourth-order valence-corrected chi connectivity index (χ4v) is 2.49. The largest absolute Gasteiger partial charge is 0.495 e. The van der Waals surface area contributed by atoms with Crippen LogP contribution < -0.4 is 10.1 Å². The van der Waals surface area contributed by atoms with Gasteiger partial charge in [-0.15, -0.1) is 0 Å². The third-order valence-electron chi connectivity index (χ3n) is 3.25. The first kappa shape index (κ1) is 14.0. The number of nitrogens with one attached hydrogen (secondary N) is 1. The molecule has 1 aromatic rings. The number of nitrogens with zero attached hydrogens (tertiary/aromatic N) is 1. The Morgan fingerprint density at radius 3 is 3.05 bits per heavy atom. The molecule has 1 saturated heterocycles. The lowest BCUT2D eigenvalue weighted by Gasteiger charge is -2.23. The Balaban J connectivity index is 2.04. The molecule has 1 aromatic carbocycles. The van der Waals surface area contributed by atoms with Crippen LogP contribution in [0.5, 0.6) is 5.75 Å².